The van der Waals surface area contributed by atoms with Gasteiger partial charge in [0.1, 0.15) is 11.6 Å². The van der Waals surface area contributed by atoms with E-state index in [1.165, 1.54) is 17.7 Å². The van der Waals surface area contributed by atoms with E-state index < -0.39 is 0 Å². The van der Waals surface area contributed by atoms with Crippen LogP contribution in [0.3, 0.4) is 0 Å². The Morgan fingerprint density at radius 2 is 2.00 bits per heavy atom. The third-order valence-electron chi connectivity index (χ3n) is 4.81. The first-order valence-electron chi connectivity index (χ1n) is 9.03. The number of nitrogens with zero attached hydrogens (tertiary/aromatic N) is 1. The molecule has 5 heteroatoms. The van der Waals surface area contributed by atoms with Crippen molar-refractivity contribution in [3.63, 3.8) is 0 Å². The minimum atomic E-state index is -0.259. The Morgan fingerprint density at radius 1 is 1.19 bits per heavy atom. The number of carbonyl (C=O) groups excluding carboxylic acids is 1. The molecular weight excluding hydrogens is 331 g/mol. The third kappa shape index (κ3) is 4.82. The summed E-state index contributed by atoms with van der Waals surface area (Å²) in [6, 6.07) is 14.7. The molecule has 0 aliphatic carbocycles. The zero-order valence-corrected chi connectivity index (χ0v) is 15.1. The van der Waals surface area contributed by atoms with Crippen LogP contribution < -0.4 is 10.1 Å². The number of hydrogen-bond donors (Lipinski definition) is 1. The van der Waals surface area contributed by atoms with Crippen molar-refractivity contribution in [1.29, 1.82) is 0 Å². The first-order valence-corrected chi connectivity index (χ1v) is 9.03. The molecule has 26 heavy (non-hydrogen) atoms. The molecule has 2 aromatic rings. The second-order valence-electron chi connectivity index (χ2n) is 6.66. The van der Waals surface area contributed by atoms with E-state index in [1.807, 2.05) is 29.2 Å². The van der Waals surface area contributed by atoms with Gasteiger partial charge in [0.2, 0.25) is 5.91 Å². The molecule has 0 saturated carbocycles. The van der Waals surface area contributed by atoms with E-state index in [1.54, 1.807) is 13.2 Å². The highest BCUT2D eigenvalue weighted by Gasteiger charge is 2.30. The zero-order chi connectivity index (χ0) is 18.4. The van der Waals surface area contributed by atoms with Gasteiger partial charge in [-0.1, -0.05) is 24.3 Å². The average molecular weight is 356 g/mol. The van der Waals surface area contributed by atoms with Crippen LogP contribution in [0.25, 0.3) is 0 Å². The summed E-state index contributed by atoms with van der Waals surface area (Å²) in [6.45, 7) is 2.08. The Labute approximate surface area is 154 Å². The predicted octanol–water partition coefficient (Wildman–Crippen LogP) is 3.51. The van der Waals surface area contributed by atoms with Gasteiger partial charge in [0, 0.05) is 25.6 Å². The molecule has 0 bridgehead atoms. The standard InChI is InChI=1S/C21H25FN2O2/c1-26-20-7-3-4-16(13-20)14-23-11-10-19-8-9-21(25)24(19)15-17-5-2-6-18(22)12-17/h2-7,12-13,19,23H,8-11,14-15H2,1H3. The van der Waals surface area contributed by atoms with E-state index in [0.717, 1.165) is 37.2 Å². The lowest BCUT2D eigenvalue weighted by atomic mass is 10.1. The molecule has 1 N–H and O–H groups in total. The van der Waals surface area contributed by atoms with Crippen molar-refractivity contribution in [3.8, 4) is 5.75 Å². The number of halogens is 1. The van der Waals surface area contributed by atoms with Crippen LogP contribution in [0.5, 0.6) is 5.75 Å². The van der Waals surface area contributed by atoms with Gasteiger partial charge in [0.05, 0.1) is 7.11 Å². The second-order valence-corrected chi connectivity index (χ2v) is 6.66. The molecule has 3 rings (SSSR count). The van der Waals surface area contributed by atoms with Gasteiger partial charge in [-0.2, -0.15) is 0 Å². The van der Waals surface area contributed by atoms with Gasteiger partial charge < -0.3 is 15.0 Å². The lowest BCUT2D eigenvalue weighted by molar-refractivity contribution is -0.129. The van der Waals surface area contributed by atoms with Crippen LogP contribution in [0.4, 0.5) is 4.39 Å². The first-order chi connectivity index (χ1) is 12.7. The summed E-state index contributed by atoms with van der Waals surface area (Å²) in [5, 5.41) is 3.43. The molecule has 1 aliphatic heterocycles. The Morgan fingerprint density at radius 3 is 2.81 bits per heavy atom. The van der Waals surface area contributed by atoms with E-state index in [9.17, 15) is 9.18 Å². The number of methoxy groups -OCH3 is 1. The van der Waals surface area contributed by atoms with Gasteiger partial charge in [-0.3, -0.25) is 4.79 Å². The summed E-state index contributed by atoms with van der Waals surface area (Å²) in [6.07, 6.45) is 2.34. The topological polar surface area (TPSA) is 41.6 Å². The van der Waals surface area contributed by atoms with Crippen molar-refractivity contribution in [1.82, 2.24) is 10.2 Å². The monoisotopic (exact) mass is 356 g/mol. The normalized spacial score (nSPS) is 16.9. The number of likely N-dealkylation sites (tertiary alicyclic amines) is 1. The maximum atomic E-state index is 13.4. The number of nitrogens with one attached hydrogen (secondary N) is 1. The molecule has 0 radical (unpaired) electrons. The van der Waals surface area contributed by atoms with E-state index in [-0.39, 0.29) is 17.8 Å². The third-order valence-corrected chi connectivity index (χ3v) is 4.81. The summed E-state index contributed by atoms with van der Waals surface area (Å²) in [4.78, 5) is 14.1. The Balaban J connectivity index is 1.49. The van der Waals surface area contributed by atoms with Crippen molar-refractivity contribution in [2.24, 2.45) is 0 Å². The number of rotatable bonds is 8. The van der Waals surface area contributed by atoms with Crippen molar-refractivity contribution < 1.29 is 13.9 Å². The van der Waals surface area contributed by atoms with Crippen LogP contribution >= 0.6 is 0 Å². The number of carbonyl (C=O) groups is 1. The minimum absolute atomic E-state index is 0.159. The largest absolute Gasteiger partial charge is 0.497 e. The van der Waals surface area contributed by atoms with Gasteiger partial charge in [-0.05, 0) is 54.8 Å². The molecule has 1 saturated heterocycles. The highest BCUT2D eigenvalue weighted by atomic mass is 19.1. The van der Waals surface area contributed by atoms with Gasteiger partial charge in [0.25, 0.3) is 0 Å². The van der Waals surface area contributed by atoms with Gasteiger partial charge >= 0.3 is 0 Å². The molecule has 4 nitrogen and oxygen atoms in total. The first kappa shape index (κ1) is 18.4. The molecule has 0 aromatic heterocycles. The number of ether oxygens (including phenoxy) is 1. The molecule has 1 fully saturated rings. The molecule has 1 unspecified atom stereocenters. The highest BCUT2D eigenvalue weighted by Crippen LogP contribution is 2.24. The van der Waals surface area contributed by atoms with Crippen LogP contribution in [0.1, 0.15) is 30.4 Å². The van der Waals surface area contributed by atoms with Crippen LogP contribution in [-0.2, 0) is 17.9 Å². The fourth-order valence-corrected chi connectivity index (χ4v) is 3.43. The SMILES string of the molecule is COc1cccc(CNCCC2CCC(=O)N2Cc2cccc(F)c2)c1. The van der Waals surface area contributed by atoms with Crippen LogP contribution in [-0.4, -0.2) is 30.5 Å². The maximum absolute atomic E-state index is 13.4. The Kier molecular flexibility index (Phi) is 6.23. The van der Waals surface area contributed by atoms with E-state index in [4.69, 9.17) is 4.74 Å². The molecule has 138 valence electrons. The Bertz CT molecular complexity index is 750. The number of benzene rings is 2. The smallest absolute Gasteiger partial charge is 0.223 e. The molecule has 1 amide bonds. The summed E-state index contributed by atoms with van der Waals surface area (Å²) in [5.74, 6) is 0.754. The summed E-state index contributed by atoms with van der Waals surface area (Å²) in [5.41, 5.74) is 2.01. The quantitative estimate of drug-likeness (QED) is 0.736. The van der Waals surface area contributed by atoms with Crippen molar-refractivity contribution in [2.45, 2.75) is 38.4 Å². The van der Waals surface area contributed by atoms with E-state index >= 15 is 0 Å². The predicted molar refractivity (Wildman–Crippen MR) is 99.3 cm³/mol. The van der Waals surface area contributed by atoms with E-state index in [0.29, 0.717) is 13.0 Å². The summed E-state index contributed by atoms with van der Waals surface area (Å²) in [7, 11) is 1.66. The molecule has 2 aromatic carbocycles. The highest BCUT2D eigenvalue weighted by molar-refractivity contribution is 5.78. The molecule has 1 heterocycles. The van der Waals surface area contributed by atoms with Gasteiger partial charge in [0.15, 0.2) is 0 Å². The molecule has 1 atom stereocenters. The summed E-state index contributed by atoms with van der Waals surface area (Å²) < 4.78 is 18.6. The summed E-state index contributed by atoms with van der Waals surface area (Å²) >= 11 is 0. The fourth-order valence-electron chi connectivity index (χ4n) is 3.43. The van der Waals surface area contributed by atoms with Crippen LogP contribution in [0.15, 0.2) is 48.5 Å². The lowest BCUT2D eigenvalue weighted by Crippen LogP contribution is -2.34. The van der Waals surface area contributed by atoms with Crippen LogP contribution in [0.2, 0.25) is 0 Å². The van der Waals surface area contributed by atoms with Crippen molar-refractivity contribution in [2.75, 3.05) is 13.7 Å². The van der Waals surface area contributed by atoms with Gasteiger partial charge in [-0.25, -0.2) is 4.39 Å². The van der Waals surface area contributed by atoms with Crippen molar-refractivity contribution >= 4 is 5.91 Å². The Hall–Kier alpha value is -2.40. The van der Waals surface area contributed by atoms with Crippen LogP contribution in [0, 0.1) is 5.82 Å². The maximum Gasteiger partial charge on any atom is 0.223 e. The lowest BCUT2D eigenvalue weighted by Gasteiger charge is -2.25. The fraction of sp³-hybridized carbons (Fsp3) is 0.381. The zero-order valence-electron chi connectivity index (χ0n) is 15.1. The number of amides is 1. The van der Waals surface area contributed by atoms with Crippen molar-refractivity contribution in [3.05, 3.63) is 65.5 Å². The second kappa shape index (κ2) is 8.81. The number of hydrogen-bond acceptors (Lipinski definition) is 3. The minimum Gasteiger partial charge on any atom is -0.497 e. The molecule has 0 spiro atoms. The average Bonchev–Trinajstić information content (AvgIpc) is 2.99. The van der Waals surface area contributed by atoms with Gasteiger partial charge in [-0.15, -0.1) is 0 Å². The van der Waals surface area contributed by atoms with E-state index in [2.05, 4.69) is 11.4 Å². The molecule has 1 aliphatic rings. The molecular formula is C21H25FN2O2.